The molecule has 0 spiro atoms. The lowest BCUT2D eigenvalue weighted by Gasteiger charge is -2.01. The third-order valence-corrected chi connectivity index (χ3v) is 1.95. The zero-order chi connectivity index (χ0) is 10.2. The summed E-state index contributed by atoms with van der Waals surface area (Å²) in [6.45, 7) is 0.476. The third kappa shape index (κ3) is 2.92. The van der Waals surface area contributed by atoms with E-state index in [1.54, 1.807) is 6.07 Å². The molecule has 0 bridgehead atoms. The molecule has 0 aliphatic rings. The van der Waals surface area contributed by atoms with Crippen molar-refractivity contribution < 1.29 is 4.79 Å². The number of hydrogen-bond donors (Lipinski definition) is 0. The summed E-state index contributed by atoms with van der Waals surface area (Å²) in [7, 11) is 0. The molecular formula is C10H11N3O. The number of nitrogens with zero attached hydrogens (tertiary/aromatic N) is 3. The molecule has 0 aromatic heterocycles. The van der Waals surface area contributed by atoms with Crippen molar-refractivity contribution in [1.29, 1.82) is 0 Å². The molecule has 4 nitrogen and oxygen atoms in total. The number of azide groups is 1. The minimum absolute atomic E-state index is 0.476. The molecule has 0 aliphatic carbocycles. The Kier molecular flexibility index (Phi) is 4.24. The summed E-state index contributed by atoms with van der Waals surface area (Å²) in [4.78, 5) is 13.3. The van der Waals surface area contributed by atoms with Crippen molar-refractivity contribution in [2.45, 2.75) is 12.8 Å². The molecule has 0 saturated heterocycles. The molecular weight excluding hydrogens is 178 g/mol. The first-order valence-electron chi connectivity index (χ1n) is 4.42. The molecule has 1 aromatic rings. The van der Waals surface area contributed by atoms with Crippen LogP contribution in [0.5, 0.6) is 0 Å². The lowest BCUT2D eigenvalue weighted by atomic mass is 10.0. The van der Waals surface area contributed by atoms with Crippen molar-refractivity contribution in [2.75, 3.05) is 6.54 Å². The largest absolute Gasteiger partial charge is 0.298 e. The van der Waals surface area contributed by atoms with E-state index < -0.39 is 0 Å². The highest BCUT2D eigenvalue weighted by atomic mass is 16.1. The molecule has 0 radical (unpaired) electrons. The van der Waals surface area contributed by atoms with E-state index in [1.165, 1.54) is 0 Å². The number of aryl methyl sites for hydroxylation is 1. The predicted molar refractivity (Wildman–Crippen MR) is 54.2 cm³/mol. The van der Waals surface area contributed by atoms with Crippen LogP contribution in [0.3, 0.4) is 0 Å². The molecule has 0 unspecified atom stereocenters. The summed E-state index contributed by atoms with van der Waals surface area (Å²) in [6.07, 6.45) is 2.39. The highest BCUT2D eigenvalue weighted by Crippen LogP contribution is 2.08. The van der Waals surface area contributed by atoms with Crippen LogP contribution in [0.1, 0.15) is 22.3 Å². The lowest BCUT2D eigenvalue weighted by molar-refractivity contribution is 0.112. The van der Waals surface area contributed by atoms with Gasteiger partial charge >= 0.3 is 0 Å². The van der Waals surface area contributed by atoms with Crippen molar-refractivity contribution >= 4 is 6.29 Å². The smallest absolute Gasteiger partial charge is 0.150 e. The van der Waals surface area contributed by atoms with E-state index in [2.05, 4.69) is 10.0 Å². The van der Waals surface area contributed by atoms with Gasteiger partial charge in [0.05, 0.1) is 0 Å². The van der Waals surface area contributed by atoms with Gasteiger partial charge in [0.25, 0.3) is 0 Å². The van der Waals surface area contributed by atoms with Gasteiger partial charge in [-0.3, -0.25) is 4.79 Å². The van der Waals surface area contributed by atoms with E-state index >= 15 is 0 Å². The number of rotatable bonds is 5. The Morgan fingerprint density at radius 3 is 2.93 bits per heavy atom. The monoisotopic (exact) mass is 189 g/mol. The molecule has 0 fully saturated rings. The van der Waals surface area contributed by atoms with E-state index in [9.17, 15) is 4.79 Å². The highest BCUT2D eigenvalue weighted by Gasteiger charge is 1.98. The van der Waals surface area contributed by atoms with E-state index in [0.717, 1.165) is 24.7 Å². The van der Waals surface area contributed by atoms with Crippen LogP contribution in [-0.2, 0) is 6.42 Å². The third-order valence-electron chi connectivity index (χ3n) is 1.95. The lowest BCUT2D eigenvalue weighted by Crippen LogP contribution is -1.93. The van der Waals surface area contributed by atoms with Gasteiger partial charge in [0.1, 0.15) is 6.29 Å². The first-order valence-corrected chi connectivity index (χ1v) is 4.42. The Bertz CT molecular complexity index is 356. The molecule has 14 heavy (non-hydrogen) atoms. The molecule has 0 amide bonds. The van der Waals surface area contributed by atoms with Gasteiger partial charge in [0.2, 0.25) is 0 Å². The van der Waals surface area contributed by atoms with Gasteiger partial charge in [0.15, 0.2) is 0 Å². The minimum atomic E-state index is 0.476. The Morgan fingerprint density at radius 1 is 1.43 bits per heavy atom. The normalized spacial score (nSPS) is 9.14. The molecule has 1 aromatic carbocycles. The Hall–Kier alpha value is -1.80. The fourth-order valence-electron chi connectivity index (χ4n) is 1.26. The SMILES string of the molecule is [N-]=[N+]=NCCCc1ccccc1C=O. The van der Waals surface area contributed by atoms with Gasteiger partial charge < -0.3 is 0 Å². The zero-order valence-corrected chi connectivity index (χ0v) is 7.76. The van der Waals surface area contributed by atoms with Gasteiger partial charge in [0, 0.05) is 17.0 Å². The second-order valence-corrected chi connectivity index (χ2v) is 2.87. The van der Waals surface area contributed by atoms with Crippen molar-refractivity contribution in [3.63, 3.8) is 0 Å². The first kappa shape index (κ1) is 10.3. The van der Waals surface area contributed by atoms with Crippen molar-refractivity contribution in [1.82, 2.24) is 0 Å². The van der Waals surface area contributed by atoms with Crippen LogP contribution in [0.2, 0.25) is 0 Å². The van der Waals surface area contributed by atoms with Crippen LogP contribution in [0.4, 0.5) is 0 Å². The fourth-order valence-corrected chi connectivity index (χ4v) is 1.26. The molecule has 0 N–H and O–H groups in total. The second-order valence-electron chi connectivity index (χ2n) is 2.87. The number of hydrogen-bond acceptors (Lipinski definition) is 2. The van der Waals surface area contributed by atoms with Crippen LogP contribution < -0.4 is 0 Å². The van der Waals surface area contributed by atoms with Crippen LogP contribution in [0.25, 0.3) is 10.4 Å². The maximum absolute atomic E-state index is 10.6. The average Bonchev–Trinajstić information content (AvgIpc) is 2.25. The van der Waals surface area contributed by atoms with E-state index in [-0.39, 0.29) is 0 Å². The standard InChI is InChI=1S/C10H11N3O/c11-13-12-7-3-6-9-4-1-2-5-10(9)8-14/h1-2,4-5,8H,3,6-7H2. The molecule has 0 heterocycles. The van der Waals surface area contributed by atoms with E-state index in [0.29, 0.717) is 12.1 Å². The number of aldehydes is 1. The Balaban J connectivity index is 2.57. The Morgan fingerprint density at radius 2 is 2.21 bits per heavy atom. The van der Waals surface area contributed by atoms with Gasteiger partial charge in [-0.05, 0) is 23.9 Å². The van der Waals surface area contributed by atoms with Crippen LogP contribution in [0, 0.1) is 0 Å². The van der Waals surface area contributed by atoms with Crippen molar-refractivity contribution in [2.24, 2.45) is 5.11 Å². The summed E-state index contributed by atoms with van der Waals surface area (Å²) < 4.78 is 0. The number of carbonyl (C=O) groups is 1. The van der Waals surface area contributed by atoms with Crippen LogP contribution in [-0.4, -0.2) is 12.8 Å². The topological polar surface area (TPSA) is 65.8 Å². The van der Waals surface area contributed by atoms with Gasteiger partial charge in [-0.2, -0.15) is 0 Å². The summed E-state index contributed by atoms with van der Waals surface area (Å²) in [5.41, 5.74) is 9.79. The Labute approximate surface area is 82.2 Å². The maximum Gasteiger partial charge on any atom is 0.150 e. The van der Waals surface area contributed by atoms with Crippen LogP contribution in [0.15, 0.2) is 29.4 Å². The quantitative estimate of drug-likeness (QED) is 0.231. The van der Waals surface area contributed by atoms with Crippen molar-refractivity contribution in [3.05, 3.63) is 45.8 Å². The van der Waals surface area contributed by atoms with Gasteiger partial charge in [-0.25, -0.2) is 0 Å². The molecule has 4 heteroatoms. The van der Waals surface area contributed by atoms with E-state index in [1.807, 2.05) is 18.2 Å². The van der Waals surface area contributed by atoms with Crippen LogP contribution >= 0.6 is 0 Å². The summed E-state index contributed by atoms with van der Waals surface area (Å²) in [6, 6.07) is 7.44. The van der Waals surface area contributed by atoms with Crippen molar-refractivity contribution in [3.8, 4) is 0 Å². The fraction of sp³-hybridized carbons (Fsp3) is 0.300. The summed E-state index contributed by atoms with van der Waals surface area (Å²) in [5.74, 6) is 0. The zero-order valence-electron chi connectivity index (χ0n) is 7.76. The molecule has 1 rings (SSSR count). The predicted octanol–water partition coefficient (Wildman–Crippen LogP) is 2.74. The summed E-state index contributed by atoms with van der Waals surface area (Å²) in [5, 5.41) is 3.43. The molecule has 0 atom stereocenters. The first-order chi connectivity index (χ1) is 6.88. The number of carbonyl (C=O) groups excluding carboxylic acids is 1. The maximum atomic E-state index is 10.6. The second kappa shape index (κ2) is 5.78. The molecule has 0 saturated carbocycles. The number of benzene rings is 1. The average molecular weight is 189 g/mol. The van der Waals surface area contributed by atoms with Gasteiger partial charge in [-0.1, -0.05) is 29.4 Å². The molecule has 0 aliphatic heterocycles. The minimum Gasteiger partial charge on any atom is -0.298 e. The van der Waals surface area contributed by atoms with E-state index in [4.69, 9.17) is 5.53 Å². The molecule has 72 valence electrons. The summed E-state index contributed by atoms with van der Waals surface area (Å²) >= 11 is 0. The van der Waals surface area contributed by atoms with Gasteiger partial charge in [-0.15, -0.1) is 0 Å². The highest BCUT2D eigenvalue weighted by molar-refractivity contribution is 5.77.